The van der Waals surface area contributed by atoms with Crippen LogP contribution in [0, 0.1) is 28.6 Å². The summed E-state index contributed by atoms with van der Waals surface area (Å²) in [6.45, 7) is 5.26. The predicted octanol–water partition coefficient (Wildman–Crippen LogP) is 8.20. The Balaban J connectivity index is 1.60. The average molecular weight is 390 g/mol. The summed E-state index contributed by atoms with van der Waals surface area (Å²) in [5.41, 5.74) is -0.183. The molecule has 0 spiro atoms. The fourth-order valence-electron chi connectivity index (χ4n) is 5.39. The van der Waals surface area contributed by atoms with Crippen LogP contribution in [0.4, 0.5) is 0 Å². The quantitative estimate of drug-likeness (QED) is 0.297. The average Bonchev–Trinajstić information content (AvgIpc) is 2.74. The number of nitrogens with zero attached hydrogens (tertiary/aromatic N) is 1. The lowest BCUT2D eigenvalue weighted by molar-refractivity contribution is -0.0300. The predicted molar refractivity (Wildman–Crippen MR) is 119 cm³/mol. The van der Waals surface area contributed by atoms with Crippen LogP contribution in [0.25, 0.3) is 0 Å². The van der Waals surface area contributed by atoms with Gasteiger partial charge in [0.05, 0.1) is 24.2 Å². The smallest absolute Gasteiger partial charge is 0.0807 e. The minimum Gasteiger partial charge on any atom is -0.377 e. The van der Waals surface area contributed by atoms with Crippen LogP contribution < -0.4 is 0 Å². The molecule has 0 aromatic heterocycles. The van der Waals surface area contributed by atoms with E-state index in [1.54, 1.807) is 0 Å². The maximum absolute atomic E-state index is 9.84. The second-order valence-corrected chi connectivity index (χ2v) is 9.99. The first-order valence-corrected chi connectivity index (χ1v) is 12.7. The molecule has 0 atom stereocenters. The Bertz CT molecular complexity index is 424. The first-order valence-electron chi connectivity index (χ1n) is 12.7. The summed E-state index contributed by atoms with van der Waals surface area (Å²) in [5, 5.41) is 9.84. The van der Waals surface area contributed by atoms with Gasteiger partial charge in [0.1, 0.15) is 0 Å². The van der Waals surface area contributed by atoms with E-state index in [0.29, 0.717) is 12.7 Å². The van der Waals surface area contributed by atoms with Crippen LogP contribution in [0.15, 0.2) is 0 Å². The maximum Gasteiger partial charge on any atom is 0.0807 e. The molecule has 2 rings (SSSR count). The molecule has 2 saturated carbocycles. The van der Waals surface area contributed by atoms with E-state index in [1.165, 1.54) is 103 Å². The molecule has 2 fully saturated rings. The second-order valence-electron chi connectivity index (χ2n) is 9.99. The zero-order valence-electron chi connectivity index (χ0n) is 19.0. The first-order chi connectivity index (χ1) is 13.7. The number of ether oxygens (including phenoxy) is 1. The fraction of sp³-hybridized carbons (Fsp3) is 0.962. The third-order valence-corrected chi connectivity index (χ3v) is 7.62. The van der Waals surface area contributed by atoms with Crippen LogP contribution in [0.3, 0.4) is 0 Å². The van der Waals surface area contributed by atoms with E-state index in [-0.39, 0.29) is 5.41 Å². The fourth-order valence-corrected chi connectivity index (χ4v) is 5.39. The van der Waals surface area contributed by atoms with Crippen molar-refractivity contribution in [2.75, 3.05) is 6.61 Å². The summed E-state index contributed by atoms with van der Waals surface area (Å²) < 4.78 is 6.33. The van der Waals surface area contributed by atoms with Gasteiger partial charge < -0.3 is 4.74 Å². The molecule has 162 valence electrons. The molecule has 0 N–H and O–H groups in total. The van der Waals surface area contributed by atoms with Crippen molar-refractivity contribution in [3.8, 4) is 6.07 Å². The largest absolute Gasteiger partial charge is 0.377 e. The van der Waals surface area contributed by atoms with Gasteiger partial charge in [0.2, 0.25) is 0 Å². The van der Waals surface area contributed by atoms with Crippen molar-refractivity contribution in [2.24, 2.45) is 17.3 Å². The minimum atomic E-state index is -0.183. The van der Waals surface area contributed by atoms with Crippen LogP contribution in [0.1, 0.15) is 129 Å². The lowest BCUT2D eigenvalue weighted by Gasteiger charge is -2.37. The van der Waals surface area contributed by atoms with E-state index in [1.807, 2.05) is 0 Å². The van der Waals surface area contributed by atoms with Crippen LogP contribution in [-0.4, -0.2) is 12.7 Å². The van der Waals surface area contributed by atoms with Gasteiger partial charge in [-0.05, 0) is 63.2 Å². The highest BCUT2D eigenvalue weighted by Gasteiger charge is 2.36. The van der Waals surface area contributed by atoms with Crippen molar-refractivity contribution < 1.29 is 4.74 Å². The van der Waals surface area contributed by atoms with E-state index in [4.69, 9.17) is 4.74 Å². The minimum absolute atomic E-state index is 0.183. The van der Waals surface area contributed by atoms with Crippen molar-refractivity contribution in [2.45, 2.75) is 136 Å². The zero-order chi connectivity index (χ0) is 20.1. The van der Waals surface area contributed by atoms with Gasteiger partial charge in [-0.15, -0.1) is 0 Å². The van der Waals surface area contributed by atoms with Crippen molar-refractivity contribution in [1.82, 2.24) is 0 Å². The van der Waals surface area contributed by atoms with Gasteiger partial charge in [-0.25, -0.2) is 0 Å². The standard InChI is InChI=1S/C26H47NO/c1-3-5-7-8-10-12-23-13-15-25(16-14-23)28-22-26(21-27)19-17-24(18-20-26)11-9-6-4-2/h23-25H,3-20,22H2,1-2H3/t23-,24-,25-,26+. The number of hydrogen-bond donors (Lipinski definition) is 0. The van der Waals surface area contributed by atoms with Crippen LogP contribution in [0.5, 0.6) is 0 Å². The van der Waals surface area contributed by atoms with Crippen LogP contribution in [-0.2, 0) is 4.74 Å². The Labute approximate surface area is 175 Å². The van der Waals surface area contributed by atoms with Gasteiger partial charge in [0.25, 0.3) is 0 Å². The molecule has 0 unspecified atom stereocenters. The van der Waals surface area contributed by atoms with Crippen LogP contribution in [0.2, 0.25) is 0 Å². The van der Waals surface area contributed by atoms with Crippen molar-refractivity contribution >= 4 is 0 Å². The number of hydrogen-bond acceptors (Lipinski definition) is 2. The van der Waals surface area contributed by atoms with Crippen molar-refractivity contribution in [3.63, 3.8) is 0 Å². The van der Waals surface area contributed by atoms with E-state index >= 15 is 0 Å². The van der Waals surface area contributed by atoms with Gasteiger partial charge in [-0.2, -0.15) is 5.26 Å². The van der Waals surface area contributed by atoms with Gasteiger partial charge in [0, 0.05) is 0 Å². The highest BCUT2D eigenvalue weighted by atomic mass is 16.5. The third kappa shape index (κ3) is 8.44. The maximum atomic E-state index is 9.84. The molecule has 28 heavy (non-hydrogen) atoms. The summed E-state index contributed by atoms with van der Waals surface area (Å²) in [6, 6.07) is 2.67. The molecule has 0 aliphatic heterocycles. The summed E-state index contributed by atoms with van der Waals surface area (Å²) in [7, 11) is 0. The molecular formula is C26H47NO. The molecule has 0 heterocycles. The number of unbranched alkanes of at least 4 members (excludes halogenated alkanes) is 6. The Kier molecular flexibility index (Phi) is 11.6. The Morgan fingerprint density at radius 2 is 1.29 bits per heavy atom. The molecular weight excluding hydrogens is 342 g/mol. The highest BCUT2D eigenvalue weighted by molar-refractivity contribution is 5.02. The topological polar surface area (TPSA) is 33.0 Å². The Morgan fingerprint density at radius 3 is 1.89 bits per heavy atom. The van der Waals surface area contributed by atoms with E-state index in [2.05, 4.69) is 19.9 Å². The monoisotopic (exact) mass is 389 g/mol. The summed E-state index contributed by atoms with van der Waals surface area (Å²) in [6.07, 6.45) is 24.0. The lowest BCUT2D eigenvalue weighted by atomic mass is 9.70. The third-order valence-electron chi connectivity index (χ3n) is 7.62. The molecule has 0 aromatic rings. The molecule has 2 aliphatic carbocycles. The van der Waals surface area contributed by atoms with Gasteiger partial charge >= 0.3 is 0 Å². The van der Waals surface area contributed by atoms with Crippen LogP contribution >= 0.6 is 0 Å². The van der Waals surface area contributed by atoms with E-state index in [0.717, 1.165) is 24.7 Å². The second kappa shape index (κ2) is 13.6. The van der Waals surface area contributed by atoms with E-state index in [9.17, 15) is 5.26 Å². The molecule has 0 amide bonds. The van der Waals surface area contributed by atoms with E-state index < -0.39 is 0 Å². The molecule has 2 aliphatic rings. The zero-order valence-corrected chi connectivity index (χ0v) is 19.0. The summed E-state index contributed by atoms with van der Waals surface area (Å²) in [5.74, 6) is 1.80. The lowest BCUT2D eigenvalue weighted by Crippen LogP contribution is -2.34. The van der Waals surface area contributed by atoms with Gasteiger partial charge in [-0.3, -0.25) is 0 Å². The molecule has 2 heteroatoms. The van der Waals surface area contributed by atoms with Gasteiger partial charge in [-0.1, -0.05) is 78.1 Å². The molecule has 0 radical (unpaired) electrons. The summed E-state index contributed by atoms with van der Waals surface area (Å²) >= 11 is 0. The molecule has 0 aromatic carbocycles. The van der Waals surface area contributed by atoms with Gasteiger partial charge in [0.15, 0.2) is 0 Å². The SMILES string of the molecule is CCCCCCC[C@H]1CC[C@H](OC[C@]2(C#N)CC[C@H](CCCCC)CC2)CC1. The normalized spacial score (nSPS) is 30.8. The molecule has 2 nitrogen and oxygen atoms in total. The Hall–Kier alpha value is -0.550. The number of nitriles is 1. The number of rotatable bonds is 13. The molecule has 0 saturated heterocycles. The summed E-state index contributed by atoms with van der Waals surface area (Å²) in [4.78, 5) is 0. The Morgan fingerprint density at radius 1 is 0.750 bits per heavy atom. The van der Waals surface area contributed by atoms with Crippen molar-refractivity contribution in [3.05, 3.63) is 0 Å². The molecule has 0 bridgehead atoms. The van der Waals surface area contributed by atoms with Crippen molar-refractivity contribution in [1.29, 1.82) is 5.26 Å². The first kappa shape index (κ1) is 23.7. The highest BCUT2D eigenvalue weighted by Crippen LogP contribution is 2.41.